The number of hydrogen-bond donors (Lipinski definition) is 0. The number of pyridine rings is 1. The summed E-state index contributed by atoms with van der Waals surface area (Å²) >= 11 is 3.21. The monoisotopic (exact) mass is 369 g/mol. The summed E-state index contributed by atoms with van der Waals surface area (Å²) < 4.78 is 5.66. The van der Waals surface area contributed by atoms with E-state index in [0.717, 1.165) is 0 Å². The molecule has 0 unspecified atom stereocenters. The van der Waals surface area contributed by atoms with E-state index in [1.54, 1.807) is 22.1 Å². The maximum Gasteiger partial charge on any atom is 0.340 e. The summed E-state index contributed by atoms with van der Waals surface area (Å²) in [5.74, 6) is -0.857. The van der Waals surface area contributed by atoms with Crippen LogP contribution in [-0.4, -0.2) is 65.4 Å². The molecule has 0 spiro atoms. The lowest BCUT2D eigenvalue weighted by Gasteiger charge is -2.34. The predicted molar refractivity (Wildman–Crippen MR) is 81.1 cm³/mol. The number of carbonyl (C=O) groups excluding carboxylic acids is 3. The fraction of sp³-hybridized carbons (Fsp3) is 0.429. The van der Waals surface area contributed by atoms with Crippen LogP contribution in [0.4, 0.5) is 0 Å². The highest BCUT2D eigenvalue weighted by Crippen LogP contribution is 2.10. The molecular formula is C14H16BrN3O4. The molecule has 2 amide bonds. The van der Waals surface area contributed by atoms with Gasteiger partial charge in [-0.1, -0.05) is 0 Å². The normalized spacial score (nSPS) is 14.6. The Bertz CT molecular complexity index is 585. The number of amides is 2. The molecule has 7 nitrogen and oxygen atoms in total. The Morgan fingerprint density at radius 1 is 1.18 bits per heavy atom. The summed E-state index contributed by atoms with van der Waals surface area (Å²) in [7, 11) is 0. The number of ether oxygens (including phenoxy) is 1. The van der Waals surface area contributed by atoms with Crippen molar-refractivity contribution in [2.45, 2.75) is 6.92 Å². The summed E-state index contributed by atoms with van der Waals surface area (Å²) in [5, 5.41) is 0. The summed E-state index contributed by atoms with van der Waals surface area (Å²) in [4.78, 5) is 42.2. The SMILES string of the molecule is CC(=O)N1CCN(C(=O)COC(=O)c2cncc(Br)c2)CC1. The summed E-state index contributed by atoms with van der Waals surface area (Å²) in [6, 6.07) is 1.57. The van der Waals surface area contributed by atoms with Crippen molar-refractivity contribution in [2.24, 2.45) is 0 Å². The van der Waals surface area contributed by atoms with E-state index in [-0.39, 0.29) is 24.0 Å². The van der Waals surface area contributed by atoms with Crippen LogP contribution in [0.1, 0.15) is 17.3 Å². The van der Waals surface area contributed by atoms with Gasteiger partial charge >= 0.3 is 5.97 Å². The van der Waals surface area contributed by atoms with Gasteiger partial charge in [0.05, 0.1) is 5.56 Å². The molecule has 0 saturated carbocycles. The largest absolute Gasteiger partial charge is 0.452 e. The van der Waals surface area contributed by atoms with Crippen LogP contribution in [0, 0.1) is 0 Å². The van der Waals surface area contributed by atoms with Crippen LogP contribution in [0.3, 0.4) is 0 Å². The van der Waals surface area contributed by atoms with Gasteiger partial charge in [0, 0.05) is 50.0 Å². The Hall–Kier alpha value is -1.96. The predicted octanol–water partition coefficient (Wildman–Crippen LogP) is 0.692. The lowest BCUT2D eigenvalue weighted by atomic mass is 10.3. The van der Waals surface area contributed by atoms with Crippen LogP contribution in [0.25, 0.3) is 0 Å². The van der Waals surface area contributed by atoms with Gasteiger partial charge in [-0.25, -0.2) is 4.79 Å². The van der Waals surface area contributed by atoms with Crippen molar-refractivity contribution in [3.63, 3.8) is 0 Å². The van der Waals surface area contributed by atoms with Crippen molar-refractivity contribution in [3.8, 4) is 0 Å². The van der Waals surface area contributed by atoms with Gasteiger partial charge in [0.2, 0.25) is 5.91 Å². The minimum Gasteiger partial charge on any atom is -0.452 e. The topological polar surface area (TPSA) is 79.8 Å². The highest BCUT2D eigenvalue weighted by molar-refractivity contribution is 9.10. The third kappa shape index (κ3) is 4.27. The van der Waals surface area contributed by atoms with Crippen molar-refractivity contribution in [2.75, 3.05) is 32.8 Å². The van der Waals surface area contributed by atoms with E-state index >= 15 is 0 Å². The fourth-order valence-electron chi connectivity index (χ4n) is 2.10. The zero-order chi connectivity index (χ0) is 16.1. The van der Waals surface area contributed by atoms with Crippen LogP contribution in [0.2, 0.25) is 0 Å². The molecular weight excluding hydrogens is 354 g/mol. The second kappa shape index (κ2) is 7.35. The maximum atomic E-state index is 12.0. The molecule has 1 aliphatic heterocycles. The molecule has 2 heterocycles. The molecule has 8 heteroatoms. The molecule has 0 radical (unpaired) electrons. The quantitative estimate of drug-likeness (QED) is 0.732. The lowest BCUT2D eigenvalue weighted by molar-refractivity contribution is -0.140. The molecule has 1 fully saturated rings. The molecule has 1 aromatic heterocycles. The van der Waals surface area contributed by atoms with E-state index in [2.05, 4.69) is 20.9 Å². The number of hydrogen-bond acceptors (Lipinski definition) is 5. The second-order valence-electron chi connectivity index (χ2n) is 4.85. The summed E-state index contributed by atoms with van der Waals surface area (Å²) in [6.07, 6.45) is 2.93. The van der Waals surface area contributed by atoms with Crippen molar-refractivity contribution in [1.29, 1.82) is 0 Å². The molecule has 0 atom stereocenters. The van der Waals surface area contributed by atoms with E-state index < -0.39 is 5.97 Å². The second-order valence-corrected chi connectivity index (χ2v) is 5.77. The fourth-order valence-corrected chi connectivity index (χ4v) is 2.46. The van der Waals surface area contributed by atoms with Gasteiger partial charge in [-0.2, -0.15) is 0 Å². The molecule has 118 valence electrons. The van der Waals surface area contributed by atoms with Crippen LogP contribution >= 0.6 is 15.9 Å². The lowest BCUT2D eigenvalue weighted by Crippen LogP contribution is -2.51. The minimum atomic E-state index is -0.593. The van der Waals surface area contributed by atoms with E-state index in [1.165, 1.54) is 13.1 Å². The van der Waals surface area contributed by atoms with Crippen LogP contribution in [0.15, 0.2) is 22.9 Å². The number of carbonyl (C=O) groups is 3. The van der Waals surface area contributed by atoms with Crippen LogP contribution in [-0.2, 0) is 14.3 Å². The maximum absolute atomic E-state index is 12.0. The van der Waals surface area contributed by atoms with E-state index in [9.17, 15) is 14.4 Å². The molecule has 22 heavy (non-hydrogen) atoms. The average molecular weight is 370 g/mol. The first-order valence-corrected chi connectivity index (χ1v) is 7.57. The number of piperazine rings is 1. The zero-order valence-corrected chi connectivity index (χ0v) is 13.7. The van der Waals surface area contributed by atoms with Gasteiger partial charge in [-0.05, 0) is 22.0 Å². The van der Waals surface area contributed by atoms with Gasteiger partial charge < -0.3 is 14.5 Å². The number of esters is 1. The van der Waals surface area contributed by atoms with E-state index in [4.69, 9.17) is 4.74 Å². The smallest absolute Gasteiger partial charge is 0.340 e. The van der Waals surface area contributed by atoms with Gasteiger partial charge in [-0.3, -0.25) is 14.6 Å². The molecule has 1 aromatic rings. The first kappa shape index (κ1) is 16.4. The molecule has 0 aromatic carbocycles. The van der Waals surface area contributed by atoms with Crippen molar-refractivity contribution in [1.82, 2.24) is 14.8 Å². The van der Waals surface area contributed by atoms with Gasteiger partial charge in [0.1, 0.15) is 0 Å². The summed E-state index contributed by atoms with van der Waals surface area (Å²) in [6.45, 7) is 3.11. The highest BCUT2D eigenvalue weighted by atomic mass is 79.9. The van der Waals surface area contributed by atoms with E-state index in [1.807, 2.05) is 0 Å². The Labute approximate surface area is 136 Å². The highest BCUT2D eigenvalue weighted by Gasteiger charge is 2.23. The molecule has 2 rings (SSSR count). The Morgan fingerprint density at radius 3 is 2.41 bits per heavy atom. The van der Waals surface area contributed by atoms with Gasteiger partial charge in [0.15, 0.2) is 6.61 Å². The number of rotatable bonds is 3. The number of aromatic nitrogens is 1. The first-order valence-electron chi connectivity index (χ1n) is 6.78. The Morgan fingerprint density at radius 2 is 1.82 bits per heavy atom. The average Bonchev–Trinajstić information content (AvgIpc) is 2.52. The Kier molecular flexibility index (Phi) is 5.48. The van der Waals surface area contributed by atoms with Crippen molar-refractivity contribution < 1.29 is 19.1 Å². The molecule has 0 aliphatic carbocycles. The minimum absolute atomic E-state index is 0.000631. The molecule has 1 aliphatic rings. The summed E-state index contributed by atoms with van der Waals surface area (Å²) in [5.41, 5.74) is 0.281. The third-order valence-electron chi connectivity index (χ3n) is 3.35. The molecule has 0 bridgehead atoms. The standard InChI is InChI=1S/C14H16BrN3O4/c1-10(19)17-2-4-18(5-3-17)13(20)9-22-14(21)11-6-12(15)8-16-7-11/h6-8H,2-5,9H2,1H3. The zero-order valence-electron chi connectivity index (χ0n) is 12.1. The van der Waals surface area contributed by atoms with Gasteiger partial charge in [0.25, 0.3) is 5.91 Å². The molecule has 0 N–H and O–H groups in total. The third-order valence-corrected chi connectivity index (χ3v) is 3.78. The van der Waals surface area contributed by atoms with E-state index in [0.29, 0.717) is 30.7 Å². The van der Waals surface area contributed by atoms with Crippen LogP contribution < -0.4 is 0 Å². The molecule has 1 saturated heterocycles. The Balaban J connectivity index is 1.81. The number of halogens is 1. The number of nitrogens with zero attached hydrogens (tertiary/aromatic N) is 3. The van der Waals surface area contributed by atoms with Crippen molar-refractivity contribution >= 4 is 33.7 Å². The van der Waals surface area contributed by atoms with Crippen molar-refractivity contribution in [3.05, 3.63) is 28.5 Å². The van der Waals surface area contributed by atoms with Gasteiger partial charge in [-0.15, -0.1) is 0 Å². The van der Waals surface area contributed by atoms with Crippen LogP contribution in [0.5, 0.6) is 0 Å². The first-order chi connectivity index (χ1) is 10.5.